The molecular weight excluding hydrogens is 228 g/mol. The number of nitrogens with zero attached hydrogens (tertiary/aromatic N) is 2. The lowest BCUT2D eigenvalue weighted by Crippen LogP contribution is -2.30. The minimum atomic E-state index is -0.248. The minimum absolute atomic E-state index is 0.248. The van der Waals surface area contributed by atoms with Gasteiger partial charge in [0.05, 0.1) is 13.7 Å². The number of carbonyl (C=O) groups is 1. The van der Waals surface area contributed by atoms with Crippen LogP contribution in [0.1, 0.15) is 12.5 Å². The van der Waals surface area contributed by atoms with Gasteiger partial charge >= 0.3 is 5.97 Å². The molecule has 0 bridgehead atoms. The summed E-state index contributed by atoms with van der Waals surface area (Å²) in [5.74, 6) is -0.248. The third-order valence-electron chi connectivity index (χ3n) is 2.26. The second kappa shape index (κ2) is 6.45. The number of aromatic nitrogens is 1. The van der Waals surface area contributed by atoms with E-state index in [1.165, 1.54) is 7.11 Å². The molecule has 0 atom stereocenters. The zero-order valence-electron chi connectivity index (χ0n) is 9.44. The van der Waals surface area contributed by atoms with Crippen LogP contribution in [0.4, 0.5) is 0 Å². The number of likely N-dealkylation sites (N-methyl/N-ethyl adjacent to an activating group) is 1. The standard InChI is InChI=1S/C11H15ClN2O2/c1-3-14(8-10(15)16-2)7-9-5-4-6-13-11(9)12/h4-6H,3,7-8H2,1-2H3. The molecule has 0 aliphatic rings. The topological polar surface area (TPSA) is 42.4 Å². The maximum absolute atomic E-state index is 11.1. The van der Waals surface area contributed by atoms with Crippen LogP contribution in [0.3, 0.4) is 0 Å². The van der Waals surface area contributed by atoms with E-state index < -0.39 is 0 Å². The van der Waals surface area contributed by atoms with Gasteiger partial charge in [-0.25, -0.2) is 4.98 Å². The highest BCUT2D eigenvalue weighted by Crippen LogP contribution is 2.13. The molecule has 0 saturated heterocycles. The van der Waals surface area contributed by atoms with Crippen LogP contribution in [0, 0.1) is 0 Å². The smallest absolute Gasteiger partial charge is 0.319 e. The maximum atomic E-state index is 11.1. The van der Waals surface area contributed by atoms with Crippen molar-refractivity contribution in [3.63, 3.8) is 0 Å². The molecule has 1 heterocycles. The molecule has 0 spiro atoms. The van der Waals surface area contributed by atoms with Crippen LogP contribution in [-0.2, 0) is 16.1 Å². The van der Waals surface area contributed by atoms with E-state index in [4.69, 9.17) is 11.6 Å². The van der Waals surface area contributed by atoms with Crippen molar-refractivity contribution in [3.8, 4) is 0 Å². The van der Waals surface area contributed by atoms with Crippen molar-refractivity contribution in [1.29, 1.82) is 0 Å². The van der Waals surface area contributed by atoms with Crippen LogP contribution in [0.25, 0.3) is 0 Å². The molecule has 0 amide bonds. The van der Waals surface area contributed by atoms with E-state index in [2.05, 4.69) is 9.72 Å². The number of carbonyl (C=O) groups excluding carboxylic acids is 1. The van der Waals surface area contributed by atoms with Crippen LogP contribution in [-0.4, -0.2) is 36.1 Å². The van der Waals surface area contributed by atoms with Crippen molar-refractivity contribution >= 4 is 17.6 Å². The second-order valence-corrected chi connectivity index (χ2v) is 3.69. The summed E-state index contributed by atoms with van der Waals surface area (Å²) in [6.45, 7) is 3.59. The largest absolute Gasteiger partial charge is 0.468 e. The van der Waals surface area contributed by atoms with E-state index in [1.807, 2.05) is 24.0 Å². The molecule has 0 radical (unpaired) electrons. The Bertz CT molecular complexity index is 358. The molecule has 0 saturated carbocycles. The van der Waals surface area contributed by atoms with Gasteiger partial charge in [-0.1, -0.05) is 24.6 Å². The predicted octanol–water partition coefficient (Wildman–Crippen LogP) is 1.73. The van der Waals surface area contributed by atoms with Crippen LogP contribution in [0.5, 0.6) is 0 Å². The Morgan fingerprint density at radius 3 is 2.94 bits per heavy atom. The van der Waals surface area contributed by atoms with Crippen LogP contribution in [0.2, 0.25) is 5.15 Å². The Hall–Kier alpha value is -1.13. The van der Waals surface area contributed by atoms with Gasteiger partial charge in [-0.15, -0.1) is 0 Å². The first-order valence-corrected chi connectivity index (χ1v) is 5.43. The first-order chi connectivity index (χ1) is 7.67. The Morgan fingerprint density at radius 1 is 1.62 bits per heavy atom. The number of rotatable bonds is 5. The first kappa shape index (κ1) is 12.9. The van der Waals surface area contributed by atoms with E-state index >= 15 is 0 Å². The van der Waals surface area contributed by atoms with Gasteiger partial charge in [0.15, 0.2) is 0 Å². The summed E-state index contributed by atoms with van der Waals surface area (Å²) in [6, 6.07) is 3.72. The van der Waals surface area contributed by atoms with Gasteiger partial charge in [0, 0.05) is 18.3 Å². The zero-order chi connectivity index (χ0) is 12.0. The molecule has 88 valence electrons. The number of hydrogen-bond acceptors (Lipinski definition) is 4. The fourth-order valence-electron chi connectivity index (χ4n) is 1.30. The number of esters is 1. The minimum Gasteiger partial charge on any atom is -0.468 e. The molecular formula is C11H15ClN2O2. The van der Waals surface area contributed by atoms with Crippen molar-refractivity contribution < 1.29 is 9.53 Å². The summed E-state index contributed by atoms with van der Waals surface area (Å²) in [5, 5.41) is 0.478. The van der Waals surface area contributed by atoms with Crippen molar-refractivity contribution in [2.24, 2.45) is 0 Å². The molecule has 4 nitrogen and oxygen atoms in total. The molecule has 1 aromatic rings. The van der Waals surface area contributed by atoms with E-state index in [0.717, 1.165) is 12.1 Å². The van der Waals surface area contributed by atoms with E-state index in [0.29, 0.717) is 11.7 Å². The van der Waals surface area contributed by atoms with Gasteiger partial charge in [0.2, 0.25) is 0 Å². The van der Waals surface area contributed by atoms with Gasteiger partial charge in [-0.2, -0.15) is 0 Å². The molecule has 16 heavy (non-hydrogen) atoms. The molecule has 1 aromatic heterocycles. The number of ether oxygens (including phenoxy) is 1. The molecule has 1 rings (SSSR count). The lowest BCUT2D eigenvalue weighted by atomic mass is 10.2. The van der Waals surface area contributed by atoms with Gasteiger partial charge < -0.3 is 4.74 Å². The fraction of sp³-hybridized carbons (Fsp3) is 0.455. The highest BCUT2D eigenvalue weighted by Gasteiger charge is 2.11. The van der Waals surface area contributed by atoms with Crippen molar-refractivity contribution in [3.05, 3.63) is 29.0 Å². The highest BCUT2D eigenvalue weighted by molar-refractivity contribution is 6.30. The summed E-state index contributed by atoms with van der Waals surface area (Å²) in [4.78, 5) is 17.1. The maximum Gasteiger partial charge on any atom is 0.319 e. The Morgan fingerprint density at radius 2 is 2.38 bits per heavy atom. The molecule has 0 aromatic carbocycles. The molecule has 5 heteroatoms. The summed E-state index contributed by atoms with van der Waals surface area (Å²) in [5.41, 5.74) is 0.912. The molecule has 0 N–H and O–H groups in total. The van der Waals surface area contributed by atoms with E-state index in [-0.39, 0.29) is 12.5 Å². The van der Waals surface area contributed by atoms with Crippen LogP contribution in [0.15, 0.2) is 18.3 Å². The molecule has 0 aliphatic carbocycles. The highest BCUT2D eigenvalue weighted by atomic mass is 35.5. The number of pyridine rings is 1. The van der Waals surface area contributed by atoms with Gasteiger partial charge in [-0.3, -0.25) is 9.69 Å². The van der Waals surface area contributed by atoms with Crippen LogP contribution >= 0.6 is 11.6 Å². The fourth-order valence-corrected chi connectivity index (χ4v) is 1.48. The molecule has 0 fully saturated rings. The summed E-state index contributed by atoms with van der Waals surface area (Å²) in [6.07, 6.45) is 1.64. The van der Waals surface area contributed by atoms with E-state index in [9.17, 15) is 4.79 Å². The Balaban J connectivity index is 2.63. The van der Waals surface area contributed by atoms with Crippen LogP contribution < -0.4 is 0 Å². The SMILES string of the molecule is CCN(CC(=O)OC)Cc1cccnc1Cl. The first-order valence-electron chi connectivity index (χ1n) is 5.06. The quantitative estimate of drug-likeness (QED) is 0.583. The Kier molecular flexibility index (Phi) is 5.22. The average molecular weight is 243 g/mol. The van der Waals surface area contributed by atoms with Crippen molar-refractivity contribution in [2.45, 2.75) is 13.5 Å². The Labute approximate surface area is 100 Å². The molecule has 0 unspecified atom stereocenters. The monoisotopic (exact) mass is 242 g/mol. The lowest BCUT2D eigenvalue weighted by molar-refractivity contribution is -0.142. The second-order valence-electron chi connectivity index (χ2n) is 3.33. The van der Waals surface area contributed by atoms with Crippen molar-refractivity contribution in [2.75, 3.05) is 20.2 Å². The number of methoxy groups -OCH3 is 1. The normalized spacial score (nSPS) is 10.5. The van der Waals surface area contributed by atoms with Crippen molar-refractivity contribution in [1.82, 2.24) is 9.88 Å². The number of halogens is 1. The van der Waals surface area contributed by atoms with Gasteiger partial charge in [0.1, 0.15) is 5.15 Å². The van der Waals surface area contributed by atoms with Gasteiger partial charge in [-0.05, 0) is 12.6 Å². The zero-order valence-corrected chi connectivity index (χ0v) is 10.2. The molecule has 0 aliphatic heterocycles. The lowest BCUT2D eigenvalue weighted by Gasteiger charge is -2.19. The average Bonchev–Trinajstić information content (AvgIpc) is 2.30. The summed E-state index contributed by atoms with van der Waals surface area (Å²) in [7, 11) is 1.38. The van der Waals surface area contributed by atoms with E-state index in [1.54, 1.807) is 6.20 Å². The predicted molar refractivity (Wildman–Crippen MR) is 62.2 cm³/mol. The number of hydrogen-bond donors (Lipinski definition) is 0. The summed E-state index contributed by atoms with van der Waals surface area (Å²) >= 11 is 5.94. The summed E-state index contributed by atoms with van der Waals surface area (Å²) < 4.78 is 4.62. The van der Waals surface area contributed by atoms with Gasteiger partial charge in [0.25, 0.3) is 0 Å². The third-order valence-corrected chi connectivity index (χ3v) is 2.60. The third kappa shape index (κ3) is 3.79.